The lowest BCUT2D eigenvalue weighted by atomic mass is 10.1. The number of H-pyrrole nitrogens is 1. The summed E-state index contributed by atoms with van der Waals surface area (Å²) in [6, 6.07) is 15.2. The van der Waals surface area contributed by atoms with Crippen LogP contribution >= 0.6 is 0 Å². The van der Waals surface area contributed by atoms with Crippen LogP contribution in [0.4, 0.5) is 0 Å². The Hall–Kier alpha value is -3.62. The van der Waals surface area contributed by atoms with Gasteiger partial charge < -0.3 is 29.4 Å². The maximum Gasteiger partial charge on any atom is 0.260 e. The van der Waals surface area contributed by atoms with Crippen molar-refractivity contribution in [2.45, 2.75) is 0 Å². The van der Waals surface area contributed by atoms with Crippen LogP contribution in [0.15, 0.2) is 65.8 Å². The standard InChI is InChI=1S/C23H24N4O4/c1-30-19-4-2-3-16(13-19)20-14-27(22-21(20)23(29)26-15-25-22)17-5-7-18(8-6-17)31-12-10-24-9-11-28/h2-8,13-15,24,28H,9-12H2,1H3,(H,25,26,29). The number of aromatic amines is 1. The summed E-state index contributed by atoms with van der Waals surface area (Å²) in [7, 11) is 1.61. The van der Waals surface area contributed by atoms with E-state index in [1.54, 1.807) is 7.11 Å². The molecule has 0 spiro atoms. The molecule has 31 heavy (non-hydrogen) atoms. The SMILES string of the molecule is COc1cccc(-c2cn(-c3ccc(OCCNCCO)cc3)c3nc[nH]c(=O)c23)c1. The molecule has 0 amide bonds. The fourth-order valence-corrected chi connectivity index (χ4v) is 3.42. The molecule has 2 aromatic carbocycles. The van der Waals surface area contributed by atoms with E-state index in [1.165, 1.54) is 6.33 Å². The van der Waals surface area contributed by atoms with Gasteiger partial charge in [0.25, 0.3) is 5.56 Å². The molecule has 0 fully saturated rings. The van der Waals surface area contributed by atoms with E-state index in [-0.39, 0.29) is 12.2 Å². The molecule has 0 radical (unpaired) electrons. The van der Waals surface area contributed by atoms with Crippen molar-refractivity contribution in [3.05, 3.63) is 71.4 Å². The van der Waals surface area contributed by atoms with E-state index in [9.17, 15) is 4.79 Å². The zero-order chi connectivity index (χ0) is 21.6. The third-order valence-corrected chi connectivity index (χ3v) is 4.92. The third kappa shape index (κ3) is 4.45. The van der Waals surface area contributed by atoms with Gasteiger partial charge in [-0.15, -0.1) is 0 Å². The number of ether oxygens (including phenoxy) is 2. The molecule has 8 heteroatoms. The number of nitrogens with zero attached hydrogens (tertiary/aromatic N) is 2. The Bertz CT molecular complexity index is 1210. The van der Waals surface area contributed by atoms with Crippen molar-refractivity contribution in [3.8, 4) is 28.3 Å². The molecule has 0 aliphatic carbocycles. The van der Waals surface area contributed by atoms with Gasteiger partial charge in [0, 0.05) is 30.5 Å². The van der Waals surface area contributed by atoms with E-state index in [2.05, 4.69) is 15.3 Å². The van der Waals surface area contributed by atoms with Gasteiger partial charge in [0.15, 0.2) is 5.65 Å². The topological polar surface area (TPSA) is 101 Å². The monoisotopic (exact) mass is 420 g/mol. The summed E-state index contributed by atoms with van der Waals surface area (Å²) in [6.45, 7) is 1.81. The molecule has 0 unspecified atom stereocenters. The predicted molar refractivity (Wildman–Crippen MR) is 119 cm³/mol. The minimum atomic E-state index is -0.197. The first-order chi connectivity index (χ1) is 15.2. The summed E-state index contributed by atoms with van der Waals surface area (Å²) >= 11 is 0. The summed E-state index contributed by atoms with van der Waals surface area (Å²) in [5.74, 6) is 1.46. The number of hydrogen-bond donors (Lipinski definition) is 3. The zero-order valence-electron chi connectivity index (χ0n) is 17.2. The molecule has 4 aromatic rings. The first kappa shape index (κ1) is 20.6. The van der Waals surface area contributed by atoms with Crippen molar-refractivity contribution >= 4 is 11.0 Å². The van der Waals surface area contributed by atoms with Crippen LogP contribution in [0, 0.1) is 0 Å². The third-order valence-electron chi connectivity index (χ3n) is 4.92. The van der Waals surface area contributed by atoms with Crippen LogP contribution in [-0.4, -0.2) is 53.1 Å². The quantitative estimate of drug-likeness (QED) is 0.359. The van der Waals surface area contributed by atoms with Gasteiger partial charge in [0.2, 0.25) is 0 Å². The number of fused-ring (bicyclic) bond motifs is 1. The van der Waals surface area contributed by atoms with Crippen LogP contribution in [0.25, 0.3) is 27.8 Å². The Morgan fingerprint density at radius 2 is 1.97 bits per heavy atom. The number of hydrogen-bond acceptors (Lipinski definition) is 6. The van der Waals surface area contributed by atoms with Gasteiger partial charge in [-0.2, -0.15) is 0 Å². The van der Waals surface area contributed by atoms with Gasteiger partial charge >= 0.3 is 0 Å². The fourth-order valence-electron chi connectivity index (χ4n) is 3.42. The largest absolute Gasteiger partial charge is 0.497 e. The average molecular weight is 420 g/mol. The number of nitrogens with one attached hydrogen (secondary N) is 2. The van der Waals surface area contributed by atoms with E-state index < -0.39 is 0 Å². The molecule has 0 saturated heterocycles. The van der Waals surface area contributed by atoms with Crippen molar-refractivity contribution < 1.29 is 14.6 Å². The lowest BCUT2D eigenvalue weighted by molar-refractivity contribution is 0.276. The van der Waals surface area contributed by atoms with Crippen LogP contribution < -0.4 is 20.3 Å². The molecule has 0 aliphatic heterocycles. The molecule has 4 rings (SSSR count). The van der Waals surface area contributed by atoms with Gasteiger partial charge in [-0.05, 0) is 42.0 Å². The summed E-state index contributed by atoms with van der Waals surface area (Å²) in [6.07, 6.45) is 3.32. The number of methoxy groups -OCH3 is 1. The minimum Gasteiger partial charge on any atom is -0.497 e. The highest BCUT2D eigenvalue weighted by molar-refractivity contribution is 5.94. The Kier molecular flexibility index (Phi) is 6.30. The first-order valence-electron chi connectivity index (χ1n) is 9.99. The molecule has 0 aliphatic rings. The molecule has 0 atom stereocenters. The van der Waals surface area contributed by atoms with Crippen LogP contribution in [0.5, 0.6) is 11.5 Å². The molecular formula is C23H24N4O4. The lowest BCUT2D eigenvalue weighted by Crippen LogP contribution is -2.23. The maximum atomic E-state index is 12.6. The second kappa shape index (κ2) is 9.46. The van der Waals surface area contributed by atoms with Crippen molar-refractivity contribution in [2.24, 2.45) is 0 Å². The molecule has 0 bridgehead atoms. The summed E-state index contributed by atoms with van der Waals surface area (Å²) in [5.41, 5.74) is 2.89. The number of aliphatic hydroxyl groups is 1. The normalized spacial score (nSPS) is 11.0. The number of aliphatic hydroxyl groups excluding tert-OH is 1. The second-order valence-corrected chi connectivity index (χ2v) is 6.89. The van der Waals surface area contributed by atoms with E-state index in [1.807, 2.05) is 59.3 Å². The van der Waals surface area contributed by atoms with Gasteiger partial charge in [0.05, 0.1) is 25.4 Å². The van der Waals surface area contributed by atoms with Crippen molar-refractivity contribution in [2.75, 3.05) is 33.4 Å². The molecule has 0 saturated carbocycles. The van der Waals surface area contributed by atoms with Gasteiger partial charge in [0.1, 0.15) is 18.1 Å². The first-order valence-corrected chi connectivity index (χ1v) is 9.99. The molecule has 2 heterocycles. The summed E-state index contributed by atoms with van der Waals surface area (Å²) in [5, 5.41) is 12.4. The fraction of sp³-hybridized carbons (Fsp3) is 0.217. The van der Waals surface area contributed by atoms with Crippen molar-refractivity contribution in [3.63, 3.8) is 0 Å². The van der Waals surface area contributed by atoms with Crippen molar-refractivity contribution in [1.29, 1.82) is 0 Å². The number of rotatable bonds is 9. The lowest BCUT2D eigenvalue weighted by Gasteiger charge is -2.09. The summed E-state index contributed by atoms with van der Waals surface area (Å²) < 4.78 is 12.9. The van der Waals surface area contributed by atoms with E-state index in [0.29, 0.717) is 36.5 Å². The van der Waals surface area contributed by atoms with E-state index in [0.717, 1.165) is 22.6 Å². The zero-order valence-corrected chi connectivity index (χ0v) is 17.2. The predicted octanol–water partition coefficient (Wildman–Crippen LogP) is 2.35. The van der Waals surface area contributed by atoms with Gasteiger partial charge in [-0.1, -0.05) is 12.1 Å². The smallest absolute Gasteiger partial charge is 0.260 e. The highest BCUT2D eigenvalue weighted by Crippen LogP contribution is 2.31. The van der Waals surface area contributed by atoms with Crippen LogP contribution in [-0.2, 0) is 0 Å². The van der Waals surface area contributed by atoms with Gasteiger partial charge in [-0.25, -0.2) is 4.98 Å². The van der Waals surface area contributed by atoms with Crippen LogP contribution in [0.3, 0.4) is 0 Å². The molecule has 2 aromatic heterocycles. The second-order valence-electron chi connectivity index (χ2n) is 6.89. The summed E-state index contributed by atoms with van der Waals surface area (Å²) in [4.78, 5) is 19.7. The molecule has 8 nitrogen and oxygen atoms in total. The number of benzene rings is 2. The van der Waals surface area contributed by atoms with Crippen LogP contribution in [0.2, 0.25) is 0 Å². The maximum absolute atomic E-state index is 12.6. The van der Waals surface area contributed by atoms with E-state index >= 15 is 0 Å². The van der Waals surface area contributed by atoms with Crippen LogP contribution in [0.1, 0.15) is 0 Å². The minimum absolute atomic E-state index is 0.105. The Labute approximate surface area is 179 Å². The Morgan fingerprint density at radius 1 is 1.13 bits per heavy atom. The highest BCUT2D eigenvalue weighted by atomic mass is 16.5. The van der Waals surface area contributed by atoms with Crippen molar-refractivity contribution in [1.82, 2.24) is 19.9 Å². The highest BCUT2D eigenvalue weighted by Gasteiger charge is 2.16. The Balaban J connectivity index is 1.67. The Morgan fingerprint density at radius 3 is 2.74 bits per heavy atom. The molecule has 160 valence electrons. The van der Waals surface area contributed by atoms with E-state index in [4.69, 9.17) is 14.6 Å². The van der Waals surface area contributed by atoms with Gasteiger partial charge in [-0.3, -0.25) is 4.79 Å². The average Bonchev–Trinajstić information content (AvgIpc) is 3.20. The molecular weight excluding hydrogens is 396 g/mol. The molecule has 3 N–H and O–H groups in total. The number of aromatic nitrogens is 3.